The number of aromatic nitrogens is 3. The van der Waals surface area contributed by atoms with E-state index in [0.29, 0.717) is 6.92 Å². The van der Waals surface area contributed by atoms with Crippen LogP contribution in [-0.4, -0.2) is 15.4 Å². The van der Waals surface area contributed by atoms with E-state index in [1.807, 2.05) is 0 Å². The molecule has 0 unspecified atom stereocenters. The van der Waals surface area contributed by atoms with Gasteiger partial charge in [-0.25, -0.2) is 0 Å². The van der Waals surface area contributed by atoms with E-state index in [9.17, 15) is 22.0 Å². The highest BCUT2D eigenvalue weighted by molar-refractivity contribution is 5.16. The highest BCUT2D eigenvalue weighted by Crippen LogP contribution is 2.36. The largest absolute Gasteiger partial charge is 0.437 e. The number of rotatable bonds is 1. The van der Waals surface area contributed by atoms with Gasteiger partial charge in [0.15, 0.2) is 11.4 Å². The van der Waals surface area contributed by atoms with Gasteiger partial charge in [0.2, 0.25) is 0 Å². The Labute approximate surface area is 68.9 Å². The summed E-state index contributed by atoms with van der Waals surface area (Å²) in [6.07, 6.45) is -4.91. The van der Waals surface area contributed by atoms with Crippen molar-refractivity contribution in [1.29, 1.82) is 0 Å². The summed E-state index contributed by atoms with van der Waals surface area (Å²) in [5.74, 6) is -3.65. The van der Waals surface area contributed by atoms with Crippen molar-refractivity contribution in [2.24, 2.45) is 0 Å². The first-order valence-electron chi connectivity index (χ1n) is 3.09. The van der Waals surface area contributed by atoms with Crippen molar-refractivity contribution < 1.29 is 22.0 Å². The quantitative estimate of drug-likeness (QED) is 0.705. The molecule has 0 fully saturated rings. The van der Waals surface area contributed by atoms with Gasteiger partial charge in [-0.05, 0) is 0 Å². The van der Waals surface area contributed by atoms with Gasteiger partial charge >= 0.3 is 6.18 Å². The molecule has 0 aromatic carbocycles. The summed E-state index contributed by atoms with van der Waals surface area (Å²) in [6.45, 7) is 0.320. The number of hydrogen-bond acceptors (Lipinski definition) is 2. The fourth-order valence-corrected chi connectivity index (χ4v) is 0.735. The molecule has 0 bridgehead atoms. The van der Waals surface area contributed by atoms with Crippen molar-refractivity contribution in [3.8, 4) is 0 Å². The average Bonchev–Trinajstić information content (AvgIpc) is 2.27. The van der Waals surface area contributed by atoms with Crippen LogP contribution in [0.2, 0.25) is 0 Å². The predicted molar refractivity (Wildman–Crippen MR) is 31.0 cm³/mol. The van der Waals surface area contributed by atoms with Gasteiger partial charge in [0.1, 0.15) is 0 Å². The first-order valence-corrected chi connectivity index (χ1v) is 3.09. The van der Waals surface area contributed by atoms with E-state index < -0.39 is 23.5 Å². The summed E-state index contributed by atoms with van der Waals surface area (Å²) in [5, 5.41) is 6.87. The Hall–Kier alpha value is -1.21. The van der Waals surface area contributed by atoms with E-state index in [4.69, 9.17) is 0 Å². The van der Waals surface area contributed by atoms with Crippen molar-refractivity contribution in [1.82, 2.24) is 15.4 Å². The van der Waals surface area contributed by atoms with Crippen LogP contribution in [-0.2, 0) is 12.1 Å². The molecule has 13 heavy (non-hydrogen) atoms. The third-order valence-corrected chi connectivity index (χ3v) is 1.23. The normalized spacial score (nSPS) is 13.4. The summed E-state index contributed by atoms with van der Waals surface area (Å²) in [6, 6.07) is 0. The fourth-order valence-electron chi connectivity index (χ4n) is 0.735. The zero-order chi connectivity index (χ0) is 10.3. The van der Waals surface area contributed by atoms with Crippen LogP contribution in [0, 0.1) is 0 Å². The van der Waals surface area contributed by atoms with Gasteiger partial charge in [-0.15, -0.1) is 0 Å². The summed E-state index contributed by atoms with van der Waals surface area (Å²) < 4.78 is 60.8. The molecule has 3 nitrogen and oxygen atoms in total. The Morgan fingerprint density at radius 2 is 1.46 bits per heavy atom. The van der Waals surface area contributed by atoms with Crippen LogP contribution in [0.15, 0.2) is 0 Å². The van der Waals surface area contributed by atoms with E-state index >= 15 is 0 Å². The predicted octanol–water partition coefficient (Wildman–Crippen LogP) is 1.94. The smallest absolute Gasteiger partial charge is 0.200 e. The van der Waals surface area contributed by atoms with E-state index in [-0.39, 0.29) is 0 Å². The standard InChI is InChI=1S/C5H4F5N3/c1-4(6,7)2-3(5(8,9)10)12-13-11-2/h1H3,(H,11,12,13). The Kier molecular flexibility index (Phi) is 2.01. The zero-order valence-electron chi connectivity index (χ0n) is 6.28. The van der Waals surface area contributed by atoms with Crippen LogP contribution >= 0.6 is 0 Å². The van der Waals surface area contributed by atoms with Gasteiger partial charge in [-0.1, -0.05) is 0 Å². The van der Waals surface area contributed by atoms with Crippen molar-refractivity contribution in [2.75, 3.05) is 0 Å². The summed E-state index contributed by atoms with van der Waals surface area (Å²) >= 11 is 0. The van der Waals surface area contributed by atoms with Crippen molar-refractivity contribution in [3.63, 3.8) is 0 Å². The van der Waals surface area contributed by atoms with Gasteiger partial charge in [-0.2, -0.15) is 37.4 Å². The number of halogens is 5. The third-order valence-electron chi connectivity index (χ3n) is 1.23. The van der Waals surface area contributed by atoms with E-state index in [2.05, 4.69) is 10.2 Å². The number of alkyl halides is 5. The van der Waals surface area contributed by atoms with Gasteiger partial charge < -0.3 is 0 Å². The molecule has 0 spiro atoms. The van der Waals surface area contributed by atoms with Gasteiger partial charge in [-0.3, -0.25) is 0 Å². The molecule has 0 amide bonds. The summed E-state index contributed by atoms with van der Waals surface area (Å²) in [7, 11) is 0. The molecule has 74 valence electrons. The van der Waals surface area contributed by atoms with Crippen LogP contribution in [0.3, 0.4) is 0 Å². The molecule has 0 aliphatic heterocycles. The average molecular weight is 201 g/mol. The second kappa shape index (κ2) is 2.64. The third kappa shape index (κ3) is 1.93. The minimum absolute atomic E-state index is 0.320. The lowest BCUT2D eigenvalue weighted by Gasteiger charge is -2.09. The molecule has 8 heteroatoms. The Bertz CT molecular complexity index is 267. The molecular weight excluding hydrogens is 197 g/mol. The number of nitrogens with zero attached hydrogens (tertiary/aromatic N) is 2. The molecule has 1 heterocycles. The second-order valence-electron chi connectivity index (χ2n) is 2.41. The van der Waals surface area contributed by atoms with Gasteiger partial charge in [0.25, 0.3) is 5.92 Å². The zero-order valence-corrected chi connectivity index (χ0v) is 6.28. The molecular formula is C5H4F5N3. The van der Waals surface area contributed by atoms with E-state index in [1.54, 1.807) is 0 Å². The molecule has 0 aliphatic rings. The molecule has 0 saturated carbocycles. The first kappa shape index (κ1) is 9.87. The van der Waals surface area contributed by atoms with Crippen molar-refractivity contribution in [3.05, 3.63) is 11.4 Å². The van der Waals surface area contributed by atoms with Crippen LogP contribution < -0.4 is 0 Å². The topological polar surface area (TPSA) is 41.6 Å². The molecule has 0 atom stereocenters. The lowest BCUT2D eigenvalue weighted by molar-refractivity contribution is -0.145. The summed E-state index contributed by atoms with van der Waals surface area (Å²) in [5.41, 5.74) is -3.07. The molecule has 0 radical (unpaired) electrons. The van der Waals surface area contributed by atoms with E-state index in [0.717, 1.165) is 0 Å². The number of hydrogen-bond donors (Lipinski definition) is 1. The first-order chi connectivity index (χ1) is 5.73. The van der Waals surface area contributed by atoms with Gasteiger partial charge in [0.05, 0.1) is 0 Å². The highest BCUT2D eigenvalue weighted by atomic mass is 19.4. The molecule has 1 aromatic heterocycles. The maximum atomic E-state index is 12.5. The van der Waals surface area contributed by atoms with Crippen LogP contribution in [0.25, 0.3) is 0 Å². The lowest BCUT2D eigenvalue weighted by atomic mass is 10.2. The van der Waals surface area contributed by atoms with Crippen LogP contribution in [0.1, 0.15) is 18.3 Å². The number of aromatic amines is 1. The SMILES string of the molecule is CC(F)(F)c1n[nH]nc1C(F)(F)F. The minimum atomic E-state index is -4.91. The number of H-pyrrole nitrogens is 1. The lowest BCUT2D eigenvalue weighted by Crippen LogP contribution is -2.17. The number of nitrogens with one attached hydrogen (secondary N) is 1. The Balaban J connectivity index is 3.19. The van der Waals surface area contributed by atoms with Gasteiger partial charge in [0, 0.05) is 6.92 Å². The molecule has 1 rings (SSSR count). The molecule has 1 aromatic rings. The summed E-state index contributed by atoms with van der Waals surface area (Å²) in [4.78, 5) is 0. The molecule has 1 N–H and O–H groups in total. The Morgan fingerprint density at radius 1 is 1.00 bits per heavy atom. The molecule has 0 aliphatic carbocycles. The molecule has 0 saturated heterocycles. The maximum Gasteiger partial charge on any atom is 0.437 e. The fraction of sp³-hybridized carbons (Fsp3) is 0.600. The second-order valence-corrected chi connectivity index (χ2v) is 2.41. The van der Waals surface area contributed by atoms with Crippen molar-refractivity contribution in [2.45, 2.75) is 19.0 Å². The van der Waals surface area contributed by atoms with Crippen LogP contribution in [0.5, 0.6) is 0 Å². The van der Waals surface area contributed by atoms with Crippen LogP contribution in [0.4, 0.5) is 22.0 Å². The minimum Gasteiger partial charge on any atom is -0.200 e. The Morgan fingerprint density at radius 3 is 1.77 bits per heavy atom. The highest BCUT2D eigenvalue weighted by Gasteiger charge is 2.44. The maximum absolute atomic E-state index is 12.5. The van der Waals surface area contributed by atoms with Crippen molar-refractivity contribution >= 4 is 0 Å². The monoisotopic (exact) mass is 201 g/mol. The van der Waals surface area contributed by atoms with E-state index in [1.165, 1.54) is 5.21 Å².